The van der Waals surface area contributed by atoms with Gasteiger partial charge < -0.3 is 14.3 Å². The van der Waals surface area contributed by atoms with Gasteiger partial charge in [0.2, 0.25) is 17.6 Å². The number of nitrogens with zero attached hydrogens (tertiary/aromatic N) is 5. The van der Waals surface area contributed by atoms with E-state index in [1.165, 1.54) is 12.1 Å². The first-order chi connectivity index (χ1) is 17.8. The summed E-state index contributed by atoms with van der Waals surface area (Å²) in [7, 11) is 0. The van der Waals surface area contributed by atoms with Crippen molar-refractivity contribution in [3.8, 4) is 11.4 Å². The highest BCUT2D eigenvalue weighted by Gasteiger charge is 2.33. The number of alkyl halides is 3. The molecule has 0 radical (unpaired) electrons. The predicted octanol–water partition coefficient (Wildman–Crippen LogP) is 4.62. The second-order valence-electron chi connectivity index (χ2n) is 9.79. The number of carbonyl (C=O) groups excluding carboxylic acids is 1. The van der Waals surface area contributed by atoms with E-state index in [1.807, 2.05) is 41.0 Å². The summed E-state index contributed by atoms with van der Waals surface area (Å²) in [6.07, 6.45) is -2.85. The molecule has 0 atom stereocenters. The van der Waals surface area contributed by atoms with Crippen molar-refractivity contribution in [1.29, 1.82) is 0 Å². The van der Waals surface area contributed by atoms with Crippen LogP contribution in [0.25, 0.3) is 11.4 Å². The Balaban J connectivity index is 1.09. The number of hydrogen-bond donors (Lipinski definition) is 0. The molecule has 3 heterocycles. The van der Waals surface area contributed by atoms with E-state index in [1.54, 1.807) is 6.07 Å². The lowest BCUT2D eigenvalue weighted by atomic mass is 9.95. The molecule has 3 aromatic rings. The maximum absolute atomic E-state index is 13.1. The number of piperazine rings is 1. The highest BCUT2D eigenvalue weighted by molar-refractivity contribution is 5.79. The summed E-state index contributed by atoms with van der Waals surface area (Å²) in [4.78, 5) is 23.7. The number of amides is 1. The molecule has 10 heteroatoms. The minimum absolute atomic E-state index is 0.0399. The van der Waals surface area contributed by atoms with Gasteiger partial charge in [-0.2, -0.15) is 18.2 Å². The number of rotatable bonds is 5. The van der Waals surface area contributed by atoms with E-state index in [0.717, 1.165) is 43.1 Å². The smallest absolute Gasteiger partial charge is 0.368 e. The fraction of sp³-hybridized carbons (Fsp3) is 0.444. The van der Waals surface area contributed by atoms with E-state index in [9.17, 15) is 18.0 Å². The van der Waals surface area contributed by atoms with Crippen molar-refractivity contribution >= 4 is 11.6 Å². The largest absolute Gasteiger partial charge is 0.416 e. The first kappa shape index (κ1) is 25.3. The van der Waals surface area contributed by atoms with E-state index in [-0.39, 0.29) is 11.8 Å². The van der Waals surface area contributed by atoms with Crippen LogP contribution in [0, 0.1) is 12.8 Å². The summed E-state index contributed by atoms with van der Waals surface area (Å²) in [6.45, 7) is 6.17. The lowest BCUT2D eigenvalue weighted by Crippen LogP contribution is -2.51. The molecule has 0 unspecified atom stereocenters. The minimum atomic E-state index is -4.37. The third-order valence-electron chi connectivity index (χ3n) is 7.17. The summed E-state index contributed by atoms with van der Waals surface area (Å²) < 4.78 is 44.6. The summed E-state index contributed by atoms with van der Waals surface area (Å²) in [5, 5.41) is 4.11. The van der Waals surface area contributed by atoms with Crippen LogP contribution in [0.1, 0.15) is 29.9 Å². The Morgan fingerprint density at radius 2 is 1.73 bits per heavy atom. The lowest BCUT2D eigenvalue weighted by molar-refractivity contribution is -0.138. The molecule has 2 aromatic carbocycles. The molecule has 37 heavy (non-hydrogen) atoms. The standard InChI is InChI=1S/C27H30F3N5O2/c1-19-4-2-5-21(16-19)25-31-24(37-32-25)18-33-10-8-20(9-11-33)26(36)35-14-12-34(13-15-35)23-7-3-6-22(17-23)27(28,29)30/h2-7,16-17,20H,8-15,18H2,1H3. The predicted molar refractivity (Wildman–Crippen MR) is 133 cm³/mol. The average Bonchev–Trinajstić information content (AvgIpc) is 3.37. The molecule has 5 rings (SSSR count). The maximum Gasteiger partial charge on any atom is 0.416 e. The normalized spacial score (nSPS) is 17.8. The first-order valence-corrected chi connectivity index (χ1v) is 12.6. The summed E-state index contributed by atoms with van der Waals surface area (Å²) in [6, 6.07) is 13.3. The van der Waals surface area contributed by atoms with Crippen LogP contribution in [0.5, 0.6) is 0 Å². The Hall–Kier alpha value is -3.40. The number of likely N-dealkylation sites (tertiary alicyclic amines) is 1. The molecule has 2 aliphatic heterocycles. The SMILES string of the molecule is Cc1cccc(-c2noc(CN3CCC(C(=O)N4CCN(c5cccc(C(F)(F)F)c5)CC4)CC3)n2)c1. The number of aromatic nitrogens is 2. The number of anilines is 1. The fourth-order valence-corrected chi connectivity index (χ4v) is 5.07. The van der Waals surface area contributed by atoms with E-state index in [0.29, 0.717) is 50.1 Å². The Labute approximate surface area is 213 Å². The molecule has 1 aromatic heterocycles. The van der Waals surface area contributed by atoms with Crippen molar-refractivity contribution in [1.82, 2.24) is 19.9 Å². The molecule has 196 valence electrons. The van der Waals surface area contributed by atoms with Gasteiger partial charge in [0, 0.05) is 43.3 Å². The van der Waals surface area contributed by atoms with Crippen molar-refractivity contribution in [2.75, 3.05) is 44.2 Å². The zero-order chi connectivity index (χ0) is 26.0. The van der Waals surface area contributed by atoms with Crippen LogP contribution in [0.4, 0.5) is 18.9 Å². The Kier molecular flexibility index (Phi) is 7.19. The topological polar surface area (TPSA) is 65.7 Å². The highest BCUT2D eigenvalue weighted by Crippen LogP contribution is 2.32. The van der Waals surface area contributed by atoms with E-state index in [4.69, 9.17) is 4.52 Å². The lowest BCUT2D eigenvalue weighted by Gasteiger charge is -2.39. The van der Waals surface area contributed by atoms with Gasteiger partial charge in [0.05, 0.1) is 12.1 Å². The van der Waals surface area contributed by atoms with Gasteiger partial charge in [-0.25, -0.2) is 0 Å². The molecule has 2 saturated heterocycles. The molecule has 2 aliphatic rings. The number of benzene rings is 2. The third kappa shape index (κ3) is 5.95. The summed E-state index contributed by atoms with van der Waals surface area (Å²) in [5.41, 5.74) is 1.95. The van der Waals surface area contributed by atoms with Crippen molar-refractivity contribution < 1.29 is 22.5 Å². The van der Waals surface area contributed by atoms with Gasteiger partial charge in [0.1, 0.15) is 0 Å². The molecule has 2 fully saturated rings. The average molecular weight is 514 g/mol. The van der Waals surface area contributed by atoms with Crippen LogP contribution in [0.15, 0.2) is 53.1 Å². The van der Waals surface area contributed by atoms with Crippen LogP contribution < -0.4 is 4.90 Å². The van der Waals surface area contributed by atoms with Gasteiger partial charge in [0.25, 0.3) is 0 Å². The molecule has 1 amide bonds. The van der Waals surface area contributed by atoms with Crippen LogP contribution in [-0.2, 0) is 17.5 Å². The number of piperidine rings is 1. The van der Waals surface area contributed by atoms with Crippen LogP contribution in [0.2, 0.25) is 0 Å². The molecular formula is C27H30F3N5O2. The molecule has 0 bridgehead atoms. The van der Waals surface area contributed by atoms with Gasteiger partial charge in [0.15, 0.2) is 0 Å². The molecular weight excluding hydrogens is 483 g/mol. The second-order valence-corrected chi connectivity index (χ2v) is 9.79. The monoisotopic (exact) mass is 513 g/mol. The molecule has 0 N–H and O–H groups in total. The fourth-order valence-electron chi connectivity index (χ4n) is 5.07. The molecule has 0 saturated carbocycles. The Bertz CT molecular complexity index is 1230. The van der Waals surface area contributed by atoms with E-state index < -0.39 is 11.7 Å². The van der Waals surface area contributed by atoms with E-state index in [2.05, 4.69) is 15.0 Å². The zero-order valence-corrected chi connectivity index (χ0v) is 20.7. The maximum atomic E-state index is 13.1. The van der Waals surface area contributed by atoms with Crippen LogP contribution in [0.3, 0.4) is 0 Å². The van der Waals surface area contributed by atoms with Gasteiger partial charge in [-0.3, -0.25) is 9.69 Å². The molecule has 7 nitrogen and oxygen atoms in total. The third-order valence-corrected chi connectivity index (χ3v) is 7.17. The zero-order valence-electron chi connectivity index (χ0n) is 20.7. The molecule has 0 spiro atoms. The number of hydrogen-bond acceptors (Lipinski definition) is 6. The Morgan fingerprint density at radius 1 is 1.00 bits per heavy atom. The quantitative estimate of drug-likeness (QED) is 0.496. The second kappa shape index (κ2) is 10.5. The molecule has 0 aliphatic carbocycles. The van der Waals surface area contributed by atoms with Crippen LogP contribution in [-0.4, -0.2) is 65.1 Å². The van der Waals surface area contributed by atoms with Gasteiger partial charge in [-0.05, 0) is 57.1 Å². The van der Waals surface area contributed by atoms with Crippen LogP contribution >= 0.6 is 0 Å². The number of aryl methyl sites for hydroxylation is 1. The van der Waals surface area contributed by atoms with E-state index >= 15 is 0 Å². The first-order valence-electron chi connectivity index (χ1n) is 12.6. The highest BCUT2D eigenvalue weighted by atomic mass is 19.4. The Morgan fingerprint density at radius 3 is 2.43 bits per heavy atom. The summed E-state index contributed by atoms with van der Waals surface area (Å²) >= 11 is 0. The van der Waals surface area contributed by atoms with Crippen molar-refractivity contribution in [2.45, 2.75) is 32.5 Å². The summed E-state index contributed by atoms with van der Waals surface area (Å²) in [5.74, 6) is 1.24. The number of carbonyl (C=O) groups is 1. The van der Waals surface area contributed by atoms with Crippen molar-refractivity contribution in [3.63, 3.8) is 0 Å². The van der Waals surface area contributed by atoms with Gasteiger partial charge in [-0.15, -0.1) is 0 Å². The van der Waals surface area contributed by atoms with Gasteiger partial charge >= 0.3 is 6.18 Å². The minimum Gasteiger partial charge on any atom is -0.368 e. The van der Waals surface area contributed by atoms with Crippen molar-refractivity contribution in [3.05, 3.63) is 65.5 Å². The number of halogens is 3. The van der Waals surface area contributed by atoms with Crippen molar-refractivity contribution in [2.24, 2.45) is 5.92 Å². The van der Waals surface area contributed by atoms with Gasteiger partial charge in [-0.1, -0.05) is 35.0 Å².